The minimum Gasteiger partial charge on any atom is -0.444 e. The number of halogens is 4. The van der Waals surface area contributed by atoms with Gasteiger partial charge in [0, 0.05) is 40.7 Å². The molecule has 5 rings (SSSR count). The zero-order valence-electron chi connectivity index (χ0n) is 23.7. The number of thioether (sulfide) groups is 1. The van der Waals surface area contributed by atoms with E-state index in [4.69, 9.17) is 4.74 Å². The van der Waals surface area contributed by atoms with E-state index in [0.717, 1.165) is 18.2 Å². The Morgan fingerprint density at radius 2 is 1.63 bits per heavy atom. The average molecular weight is 593 g/mol. The summed E-state index contributed by atoms with van der Waals surface area (Å²) in [5, 5.41) is 0.210. The van der Waals surface area contributed by atoms with Gasteiger partial charge in [-0.15, -0.1) is 11.8 Å². The van der Waals surface area contributed by atoms with Gasteiger partial charge in [0.25, 0.3) is 0 Å². The highest BCUT2D eigenvalue weighted by atomic mass is 32.2. The van der Waals surface area contributed by atoms with E-state index in [2.05, 4.69) is 4.98 Å². The topological polar surface area (TPSA) is 67.7 Å². The highest BCUT2D eigenvalue weighted by Gasteiger charge is 2.41. The van der Waals surface area contributed by atoms with Crippen LogP contribution in [0.4, 0.5) is 28.2 Å². The number of anilines is 1. The van der Waals surface area contributed by atoms with Crippen LogP contribution in [0.1, 0.15) is 53.1 Å². The van der Waals surface area contributed by atoms with E-state index in [1.165, 1.54) is 28.5 Å². The number of carbonyl (C=O) groups excluding carboxylic acids is 1. The molecule has 1 fully saturated rings. The Morgan fingerprint density at radius 1 is 1.02 bits per heavy atom. The van der Waals surface area contributed by atoms with Crippen LogP contribution in [0.25, 0.3) is 22.0 Å². The maximum absolute atomic E-state index is 14.7. The first-order chi connectivity index (χ1) is 19.1. The second-order valence-electron chi connectivity index (χ2n) is 11.8. The van der Waals surface area contributed by atoms with E-state index in [0.29, 0.717) is 16.2 Å². The van der Waals surface area contributed by atoms with Gasteiger partial charge in [-0.25, -0.2) is 14.0 Å². The molecular weight excluding hydrogens is 560 g/mol. The summed E-state index contributed by atoms with van der Waals surface area (Å²) in [7, 11) is 0. The summed E-state index contributed by atoms with van der Waals surface area (Å²) in [5.74, 6) is -0.0349. The fourth-order valence-electron chi connectivity index (χ4n) is 5.72. The minimum absolute atomic E-state index is 0.0799. The molecule has 0 spiro atoms. The van der Waals surface area contributed by atoms with Gasteiger partial charge in [-0.2, -0.15) is 18.2 Å². The molecule has 0 N–H and O–H groups in total. The van der Waals surface area contributed by atoms with Gasteiger partial charge in [0.05, 0.1) is 23.2 Å². The summed E-state index contributed by atoms with van der Waals surface area (Å²) in [6, 6.07) is 4.92. The van der Waals surface area contributed by atoms with Gasteiger partial charge in [-0.3, -0.25) is 9.47 Å². The number of carbonyl (C=O) groups is 1. The van der Waals surface area contributed by atoms with Gasteiger partial charge in [0.2, 0.25) is 0 Å². The fourth-order valence-corrected chi connectivity index (χ4v) is 7.00. The predicted octanol–water partition coefficient (Wildman–Crippen LogP) is 6.72. The molecule has 0 aliphatic carbocycles. The molecule has 220 valence electrons. The SMILES string of the molecule is C[C@@H]1CN(c2nc(=O)n3c4c(c(-c5ccc(F)cc5)c(C(F)(F)F)cc24)SC[C@@H]3C)C[C@H](C)N1C(=O)OC(C)(C)C. The first-order valence-corrected chi connectivity index (χ1v) is 14.4. The molecule has 3 aromatic rings. The van der Waals surface area contributed by atoms with Crippen molar-refractivity contribution in [1.29, 1.82) is 0 Å². The molecule has 2 aliphatic heterocycles. The minimum atomic E-state index is -4.73. The van der Waals surface area contributed by atoms with Crippen molar-refractivity contribution in [2.24, 2.45) is 0 Å². The number of nitrogens with zero attached hydrogens (tertiary/aromatic N) is 4. The molecule has 7 nitrogen and oxygen atoms in total. The van der Waals surface area contributed by atoms with Crippen LogP contribution >= 0.6 is 11.8 Å². The maximum atomic E-state index is 14.7. The lowest BCUT2D eigenvalue weighted by Gasteiger charge is -2.45. The van der Waals surface area contributed by atoms with E-state index in [1.54, 1.807) is 30.6 Å². The Bertz CT molecular complexity index is 1550. The fraction of sp³-hybridized carbons (Fsp3) is 0.483. The lowest BCUT2D eigenvalue weighted by Crippen LogP contribution is -2.59. The number of alkyl halides is 3. The maximum Gasteiger partial charge on any atom is 0.417 e. The molecule has 12 heteroatoms. The van der Waals surface area contributed by atoms with E-state index in [9.17, 15) is 27.2 Å². The monoisotopic (exact) mass is 592 g/mol. The van der Waals surface area contributed by atoms with Gasteiger partial charge >= 0.3 is 18.0 Å². The average Bonchev–Trinajstić information content (AvgIpc) is 2.84. The summed E-state index contributed by atoms with van der Waals surface area (Å²) in [4.78, 5) is 34.4. The number of benzene rings is 2. The van der Waals surface area contributed by atoms with Gasteiger partial charge in [0.1, 0.15) is 17.2 Å². The van der Waals surface area contributed by atoms with E-state index in [-0.39, 0.29) is 53.5 Å². The zero-order chi connectivity index (χ0) is 30.0. The Balaban J connectivity index is 1.71. The van der Waals surface area contributed by atoms with Crippen molar-refractivity contribution in [3.8, 4) is 11.1 Å². The lowest BCUT2D eigenvalue weighted by molar-refractivity contribution is -0.137. The summed E-state index contributed by atoms with van der Waals surface area (Å²) in [5.41, 5.74) is -1.61. The Morgan fingerprint density at radius 3 is 2.20 bits per heavy atom. The molecule has 0 saturated carbocycles. The third-order valence-corrected chi connectivity index (χ3v) is 8.65. The van der Waals surface area contributed by atoms with Gasteiger partial charge in [0.15, 0.2) is 0 Å². The number of ether oxygens (including phenoxy) is 1. The van der Waals surface area contributed by atoms with Crippen molar-refractivity contribution in [2.75, 3.05) is 23.7 Å². The molecule has 0 radical (unpaired) electrons. The van der Waals surface area contributed by atoms with Gasteiger partial charge in [-0.05, 0) is 65.3 Å². The molecule has 0 bridgehead atoms. The van der Waals surface area contributed by atoms with Crippen molar-refractivity contribution < 1.29 is 27.1 Å². The van der Waals surface area contributed by atoms with Crippen molar-refractivity contribution in [1.82, 2.24) is 14.5 Å². The Labute approximate surface area is 239 Å². The van der Waals surface area contributed by atoms with E-state index < -0.39 is 34.9 Å². The van der Waals surface area contributed by atoms with Crippen LogP contribution in [0, 0.1) is 5.82 Å². The van der Waals surface area contributed by atoms with Crippen molar-refractivity contribution in [3.63, 3.8) is 0 Å². The largest absolute Gasteiger partial charge is 0.444 e. The van der Waals surface area contributed by atoms with Crippen LogP contribution in [-0.4, -0.2) is 57.1 Å². The quantitative estimate of drug-likeness (QED) is 0.308. The second kappa shape index (κ2) is 10.2. The van der Waals surface area contributed by atoms with Crippen LogP contribution < -0.4 is 10.6 Å². The standard InChI is InChI=1S/C29H32F4N4O3S/c1-15-12-35(13-16(2)36(15)27(39)40-28(4,5)6)25-20-11-21(29(31,32)33)22(18-7-9-19(30)10-8-18)24-23(20)37(26(38)34-25)17(3)14-41-24/h7-11,15-17H,12-14H2,1-6H3/t15-,16+,17-/m0/s1. The van der Waals surface area contributed by atoms with Crippen LogP contribution in [0.3, 0.4) is 0 Å². The molecular formula is C29H32F4N4O3S. The van der Waals surface area contributed by atoms with Crippen LogP contribution in [0.15, 0.2) is 40.0 Å². The van der Waals surface area contributed by atoms with E-state index >= 15 is 0 Å². The molecule has 1 saturated heterocycles. The smallest absolute Gasteiger partial charge is 0.417 e. The summed E-state index contributed by atoms with van der Waals surface area (Å²) in [6.45, 7) is 11.3. The molecule has 0 unspecified atom stereocenters. The van der Waals surface area contributed by atoms with Crippen LogP contribution in [0.2, 0.25) is 0 Å². The number of rotatable bonds is 2. The molecule has 2 aliphatic rings. The number of hydrogen-bond acceptors (Lipinski definition) is 6. The van der Waals surface area contributed by atoms with Gasteiger partial charge < -0.3 is 9.64 Å². The van der Waals surface area contributed by atoms with Crippen molar-refractivity contribution >= 4 is 34.6 Å². The number of amides is 1. The third kappa shape index (κ3) is 5.38. The second-order valence-corrected chi connectivity index (χ2v) is 12.8. The predicted molar refractivity (Wildman–Crippen MR) is 151 cm³/mol. The first-order valence-electron chi connectivity index (χ1n) is 13.4. The number of hydrogen-bond donors (Lipinski definition) is 0. The van der Waals surface area contributed by atoms with Crippen molar-refractivity contribution in [3.05, 3.63) is 52.2 Å². The van der Waals surface area contributed by atoms with Gasteiger partial charge in [-0.1, -0.05) is 12.1 Å². The highest BCUT2D eigenvalue weighted by molar-refractivity contribution is 7.99. The van der Waals surface area contributed by atoms with Crippen LogP contribution in [0.5, 0.6) is 0 Å². The Kier molecular flexibility index (Phi) is 7.28. The number of aromatic nitrogens is 2. The zero-order valence-corrected chi connectivity index (χ0v) is 24.5. The lowest BCUT2D eigenvalue weighted by atomic mass is 9.95. The third-order valence-electron chi connectivity index (χ3n) is 7.32. The highest BCUT2D eigenvalue weighted by Crippen LogP contribution is 2.49. The van der Waals surface area contributed by atoms with E-state index in [1.807, 2.05) is 20.8 Å². The summed E-state index contributed by atoms with van der Waals surface area (Å²) in [6.07, 6.45) is -5.21. The molecule has 41 heavy (non-hydrogen) atoms. The first kappa shape index (κ1) is 29.2. The Hall–Kier alpha value is -3.28. The molecule has 2 aromatic carbocycles. The molecule has 1 amide bonds. The molecule has 3 atom stereocenters. The summed E-state index contributed by atoms with van der Waals surface area (Å²) >= 11 is 1.25. The normalized spacial score (nSPS) is 21.4. The number of piperazine rings is 1. The van der Waals surface area contributed by atoms with Crippen LogP contribution in [-0.2, 0) is 10.9 Å². The molecule has 3 heterocycles. The van der Waals surface area contributed by atoms with Crippen molar-refractivity contribution in [2.45, 2.75) is 76.3 Å². The molecule has 1 aromatic heterocycles. The summed E-state index contributed by atoms with van der Waals surface area (Å²) < 4.78 is 64.7.